The minimum atomic E-state index is -0.245. The Balaban J connectivity index is 1.83. The predicted molar refractivity (Wildman–Crippen MR) is 98.5 cm³/mol. The molecule has 0 heterocycles. The van der Waals surface area contributed by atoms with Crippen LogP contribution in [0.1, 0.15) is 24.2 Å². The minimum Gasteiger partial charge on any atom is -0.495 e. The van der Waals surface area contributed by atoms with Gasteiger partial charge in [-0.2, -0.15) is 11.8 Å². The van der Waals surface area contributed by atoms with Gasteiger partial charge in [-0.3, -0.25) is 4.79 Å². The van der Waals surface area contributed by atoms with E-state index in [-0.39, 0.29) is 17.0 Å². The normalized spacial score (nSPS) is 11.8. The number of halogens is 2. The van der Waals surface area contributed by atoms with Gasteiger partial charge in [0.2, 0.25) is 5.91 Å². The molecule has 0 aromatic heterocycles. The molecule has 2 rings (SSSR count). The van der Waals surface area contributed by atoms with Crippen LogP contribution in [0, 0.1) is 5.82 Å². The fourth-order valence-corrected chi connectivity index (χ4v) is 3.33. The van der Waals surface area contributed by atoms with Crippen LogP contribution in [0.4, 0.5) is 10.1 Å². The lowest BCUT2D eigenvalue weighted by Crippen LogP contribution is -2.13. The molecule has 0 aliphatic carbocycles. The quantitative estimate of drug-likeness (QED) is 0.720. The van der Waals surface area contributed by atoms with Gasteiger partial charge in [0.25, 0.3) is 0 Å². The number of hydrogen-bond acceptors (Lipinski definition) is 3. The van der Waals surface area contributed by atoms with Crippen LogP contribution in [0.3, 0.4) is 0 Å². The Bertz CT molecular complexity index is 694. The van der Waals surface area contributed by atoms with Gasteiger partial charge in [0, 0.05) is 22.4 Å². The van der Waals surface area contributed by atoms with E-state index in [1.54, 1.807) is 49.2 Å². The van der Waals surface area contributed by atoms with E-state index in [4.69, 9.17) is 16.3 Å². The molecule has 0 bridgehead atoms. The summed E-state index contributed by atoms with van der Waals surface area (Å²) >= 11 is 7.59. The molecule has 128 valence electrons. The van der Waals surface area contributed by atoms with Crippen molar-refractivity contribution >= 4 is 35.0 Å². The molecule has 0 spiro atoms. The first-order valence-corrected chi connectivity index (χ1v) is 8.92. The molecule has 24 heavy (non-hydrogen) atoms. The van der Waals surface area contributed by atoms with Crippen molar-refractivity contribution in [3.8, 4) is 5.75 Å². The van der Waals surface area contributed by atoms with Crippen LogP contribution in [-0.4, -0.2) is 18.8 Å². The lowest BCUT2D eigenvalue weighted by atomic mass is 10.2. The van der Waals surface area contributed by atoms with Crippen molar-refractivity contribution in [2.24, 2.45) is 0 Å². The second kappa shape index (κ2) is 8.94. The topological polar surface area (TPSA) is 38.3 Å². The molecule has 2 aromatic carbocycles. The summed E-state index contributed by atoms with van der Waals surface area (Å²) in [5.74, 6) is 0.882. The largest absolute Gasteiger partial charge is 0.495 e. The number of anilines is 1. The highest BCUT2D eigenvalue weighted by atomic mass is 35.5. The number of thioether (sulfide) groups is 1. The molecule has 0 aliphatic rings. The van der Waals surface area contributed by atoms with Crippen LogP contribution in [0.5, 0.6) is 5.75 Å². The first kappa shape index (κ1) is 18.6. The Morgan fingerprint density at radius 3 is 2.67 bits per heavy atom. The summed E-state index contributed by atoms with van der Waals surface area (Å²) in [6.07, 6.45) is 0.367. The number of benzene rings is 2. The van der Waals surface area contributed by atoms with Crippen molar-refractivity contribution in [2.45, 2.75) is 18.6 Å². The summed E-state index contributed by atoms with van der Waals surface area (Å²) in [5.41, 5.74) is 1.60. The average Bonchev–Trinajstić information content (AvgIpc) is 2.55. The average molecular weight is 368 g/mol. The van der Waals surface area contributed by atoms with Crippen LogP contribution in [0.2, 0.25) is 5.02 Å². The fourth-order valence-electron chi connectivity index (χ4n) is 2.15. The standard InChI is InChI=1S/C18H19ClFNO2S/c1-12(13-3-6-15(20)7-4-13)24-10-9-18(22)21-16-11-14(19)5-8-17(16)23-2/h3-8,11-12H,9-10H2,1-2H3,(H,21,22). The maximum Gasteiger partial charge on any atom is 0.225 e. The molecule has 2 aromatic rings. The summed E-state index contributed by atoms with van der Waals surface area (Å²) in [7, 11) is 1.54. The Kier molecular flexibility index (Phi) is 6.94. The smallest absolute Gasteiger partial charge is 0.225 e. The monoisotopic (exact) mass is 367 g/mol. The molecule has 1 unspecified atom stereocenters. The van der Waals surface area contributed by atoms with Crippen LogP contribution in [-0.2, 0) is 4.79 Å². The Morgan fingerprint density at radius 1 is 1.29 bits per heavy atom. The van der Waals surface area contributed by atoms with Gasteiger partial charge in [0.05, 0.1) is 12.8 Å². The highest BCUT2D eigenvalue weighted by Gasteiger charge is 2.10. The van der Waals surface area contributed by atoms with Crippen molar-refractivity contribution in [1.29, 1.82) is 0 Å². The molecule has 1 amide bonds. The third-order valence-corrected chi connectivity index (χ3v) is 4.92. The molecule has 3 nitrogen and oxygen atoms in total. The molecule has 0 saturated carbocycles. The minimum absolute atomic E-state index is 0.102. The van der Waals surface area contributed by atoms with E-state index < -0.39 is 0 Å². The van der Waals surface area contributed by atoms with Gasteiger partial charge in [-0.05, 0) is 42.8 Å². The Labute approximate surface area is 150 Å². The third kappa shape index (κ3) is 5.42. The number of amides is 1. The van der Waals surface area contributed by atoms with Gasteiger partial charge in [-0.25, -0.2) is 4.39 Å². The number of carbonyl (C=O) groups is 1. The highest BCUT2D eigenvalue weighted by Crippen LogP contribution is 2.30. The highest BCUT2D eigenvalue weighted by molar-refractivity contribution is 7.99. The van der Waals surface area contributed by atoms with Crippen LogP contribution in [0.15, 0.2) is 42.5 Å². The molecule has 0 aliphatic heterocycles. The summed E-state index contributed by atoms with van der Waals surface area (Å²) in [4.78, 5) is 12.1. The van der Waals surface area contributed by atoms with Crippen molar-refractivity contribution < 1.29 is 13.9 Å². The van der Waals surface area contributed by atoms with Gasteiger partial charge in [0.15, 0.2) is 0 Å². The number of nitrogens with one attached hydrogen (secondary N) is 1. The molecular formula is C18H19ClFNO2S. The second-order valence-electron chi connectivity index (χ2n) is 5.21. The van der Waals surface area contributed by atoms with Crippen molar-refractivity contribution in [2.75, 3.05) is 18.2 Å². The van der Waals surface area contributed by atoms with E-state index in [0.29, 0.717) is 28.6 Å². The van der Waals surface area contributed by atoms with Gasteiger partial charge in [-0.1, -0.05) is 23.7 Å². The van der Waals surface area contributed by atoms with Crippen LogP contribution in [0.25, 0.3) is 0 Å². The zero-order valence-corrected chi connectivity index (χ0v) is 15.1. The van der Waals surface area contributed by atoms with E-state index in [0.717, 1.165) is 5.56 Å². The predicted octanol–water partition coefficient (Wildman–Crippen LogP) is 5.31. The zero-order valence-electron chi connectivity index (χ0n) is 13.5. The maximum absolute atomic E-state index is 12.9. The van der Waals surface area contributed by atoms with E-state index >= 15 is 0 Å². The number of hydrogen-bond donors (Lipinski definition) is 1. The first-order chi connectivity index (χ1) is 11.5. The van der Waals surface area contributed by atoms with E-state index in [9.17, 15) is 9.18 Å². The fraction of sp³-hybridized carbons (Fsp3) is 0.278. The lowest BCUT2D eigenvalue weighted by Gasteiger charge is -2.13. The first-order valence-electron chi connectivity index (χ1n) is 7.50. The van der Waals surface area contributed by atoms with Gasteiger partial charge < -0.3 is 10.1 Å². The maximum atomic E-state index is 12.9. The molecule has 0 fully saturated rings. The SMILES string of the molecule is COc1ccc(Cl)cc1NC(=O)CCSC(C)c1ccc(F)cc1. The van der Waals surface area contributed by atoms with Gasteiger partial charge >= 0.3 is 0 Å². The van der Waals surface area contributed by atoms with Crippen molar-refractivity contribution in [3.05, 3.63) is 58.9 Å². The van der Waals surface area contributed by atoms with E-state index in [1.807, 2.05) is 6.92 Å². The Morgan fingerprint density at radius 2 is 2.00 bits per heavy atom. The molecule has 1 N–H and O–H groups in total. The summed E-state index contributed by atoms with van der Waals surface area (Å²) in [6, 6.07) is 11.5. The lowest BCUT2D eigenvalue weighted by molar-refractivity contribution is -0.115. The van der Waals surface area contributed by atoms with Crippen molar-refractivity contribution in [1.82, 2.24) is 0 Å². The molecular weight excluding hydrogens is 349 g/mol. The van der Waals surface area contributed by atoms with Gasteiger partial charge in [0.1, 0.15) is 11.6 Å². The summed E-state index contributed by atoms with van der Waals surface area (Å²) < 4.78 is 18.1. The molecule has 0 saturated heterocycles. The number of carbonyl (C=O) groups excluding carboxylic acids is 1. The van der Waals surface area contributed by atoms with Gasteiger partial charge in [-0.15, -0.1) is 0 Å². The zero-order chi connectivity index (χ0) is 17.5. The van der Waals surface area contributed by atoms with Crippen molar-refractivity contribution in [3.63, 3.8) is 0 Å². The number of ether oxygens (including phenoxy) is 1. The molecule has 0 radical (unpaired) electrons. The number of methoxy groups -OCH3 is 1. The summed E-state index contributed by atoms with van der Waals surface area (Å²) in [5, 5.41) is 3.54. The second-order valence-corrected chi connectivity index (χ2v) is 7.09. The summed E-state index contributed by atoms with van der Waals surface area (Å²) in [6.45, 7) is 2.04. The third-order valence-electron chi connectivity index (χ3n) is 3.47. The Hall–Kier alpha value is -1.72. The van der Waals surface area contributed by atoms with Crippen LogP contribution >= 0.6 is 23.4 Å². The van der Waals surface area contributed by atoms with E-state index in [2.05, 4.69) is 5.32 Å². The molecule has 1 atom stereocenters. The van der Waals surface area contributed by atoms with E-state index in [1.165, 1.54) is 12.1 Å². The van der Waals surface area contributed by atoms with Crippen LogP contribution < -0.4 is 10.1 Å². The number of rotatable bonds is 7. The molecule has 6 heteroatoms.